The molecule has 5 heteroatoms. The summed E-state index contributed by atoms with van der Waals surface area (Å²) >= 11 is 0. The molecule has 9 rings (SSSR count). The van der Waals surface area contributed by atoms with E-state index in [0.717, 1.165) is 43.9 Å². The first-order valence-electron chi connectivity index (χ1n) is 12.1. The van der Waals surface area contributed by atoms with Crippen LogP contribution in [0.5, 0.6) is 0 Å². The molecule has 158 valence electrons. The molecule has 1 spiro atoms. The summed E-state index contributed by atoms with van der Waals surface area (Å²) in [6.45, 7) is 0.859. The van der Waals surface area contributed by atoms with Crippen LogP contribution < -0.4 is 0 Å². The maximum absolute atomic E-state index is 13.1. The van der Waals surface area contributed by atoms with Gasteiger partial charge in [0.1, 0.15) is 18.5 Å². The third-order valence-corrected chi connectivity index (χ3v) is 9.95. The van der Waals surface area contributed by atoms with Crippen LogP contribution in [0.2, 0.25) is 0 Å². The van der Waals surface area contributed by atoms with Crippen molar-refractivity contribution in [2.45, 2.75) is 76.1 Å². The Morgan fingerprint density at radius 1 is 0.897 bits per heavy atom. The second-order valence-electron chi connectivity index (χ2n) is 11.7. The summed E-state index contributed by atoms with van der Waals surface area (Å²) in [6, 6.07) is 0. The highest BCUT2D eigenvalue weighted by molar-refractivity contribution is 5.89. The van der Waals surface area contributed by atoms with Crippen LogP contribution in [0.1, 0.15) is 64.2 Å². The summed E-state index contributed by atoms with van der Waals surface area (Å²) in [5, 5.41) is 0. The molecular weight excluding hydrogens is 368 g/mol. The highest BCUT2D eigenvalue weighted by Crippen LogP contribution is 2.62. The molecule has 9 fully saturated rings. The number of esters is 1. The minimum absolute atomic E-state index is 0.0703. The van der Waals surface area contributed by atoms with Crippen molar-refractivity contribution >= 4 is 11.8 Å². The van der Waals surface area contributed by atoms with Crippen LogP contribution >= 0.6 is 0 Å². The van der Waals surface area contributed by atoms with Gasteiger partial charge in [-0.3, -0.25) is 9.59 Å². The quantitative estimate of drug-likeness (QED) is 0.679. The normalized spacial score (nSPS) is 56.5. The van der Waals surface area contributed by atoms with Gasteiger partial charge in [0.25, 0.3) is 0 Å². The molecule has 0 amide bonds. The van der Waals surface area contributed by atoms with E-state index in [4.69, 9.17) is 14.2 Å². The van der Waals surface area contributed by atoms with Crippen molar-refractivity contribution in [3.05, 3.63) is 0 Å². The fourth-order valence-corrected chi connectivity index (χ4v) is 9.22. The maximum atomic E-state index is 13.1. The van der Waals surface area contributed by atoms with E-state index in [2.05, 4.69) is 0 Å². The molecule has 0 aromatic heterocycles. The third kappa shape index (κ3) is 2.40. The molecule has 8 aliphatic carbocycles. The van der Waals surface area contributed by atoms with Gasteiger partial charge >= 0.3 is 5.97 Å². The maximum Gasteiger partial charge on any atom is 0.312 e. The van der Waals surface area contributed by atoms with E-state index in [9.17, 15) is 9.59 Å². The van der Waals surface area contributed by atoms with Gasteiger partial charge in [-0.25, -0.2) is 0 Å². The molecule has 1 aliphatic heterocycles. The van der Waals surface area contributed by atoms with E-state index in [-0.39, 0.29) is 23.9 Å². The molecule has 8 bridgehead atoms. The van der Waals surface area contributed by atoms with E-state index < -0.39 is 11.2 Å². The molecule has 8 saturated carbocycles. The lowest BCUT2D eigenvalue weighted by molar-refractivity contribution is -0.295. The van der Waals surface area contributed by atoms with Crippen LogP contribution in [0.4, 0.5) is 0 Å². The second kappa shape index (κ2) is 5.85. The zero-order valence-corrected chi connectivity index (χ0v) is 17.1. The molecule has 3 unspecified atom stereocenters. The molecule has 1 saturated heterocycles. The number of rotatable bonds is 3. The van der Waals surface area contributed by atoms with Crippen LogP contribution in [0.3, 0.4) is 0 Å². The molecule has 1 heterocycles. The van der Waals surface area contributed by atoms with E-state index in [1.165, 1.54) is 32.1 Å². The fourth-order valence-electron chi connectivity index (χ4n) is 9.22. The Morgan fingerprint density at radius 3 is 2.21 bits per heavy atom. The second-order valence-corrected chi connectivity index (χ2v) is 11.7. The predicted molar refractivity (Wildman–Crippen MR) is 103 cm³/mol. The summed E-state index contributed by atoms with van der Waals surface area (Å²) in [6.07, 6.45) is 10.6. The van der Waals surface area contributed by atoms with Crippen LogP contribution in [0, 0.1) is 46.8 Å². The van der Waals surface area contributed by atoms with Gasteiger partial charge < -0.3 is 14.2 Å². The van der Waals surface area contributed by atoms with E-state index >= 15 is 0 Å². The molecule has 29 heavy (non-hydrogen) atoms. The zero-order valence-electron chi connectivity index (χ0n) is 17.1. The number of hydrogen-bond acceptors (Lipinski definition) is 5. The lowest BCUT2D eigenvalue weighted by Gasteiger charge is -2.58. The smallest absolute Gasteiger partial charge is 0.312 e. The standard InChI is InChI=1S/C24H32O5/c25-21-16-2-15-3-17(21)10-23(8-15,9-16)22(26)27-11-20-12-28-24(29-20)18-4-13-1-14(6-18)7-19(24)5-13/h13-20H,1-12H2. The van der Waals surface area contributed by atoms with E-state index in [1.54, 1.807) is 0 Å². The number of carbonyl (C=O) groups is 2. The Bertz CT molecular complexity index is 712. The monoisotopic (exact) mass is 400 g/mol. The Hall–Kier alpha value is -0.940. The predicted octanol–water partition coefficient (Wildman–Crippen LogP) is 3.49. The van der Waals surface area contributed by atoms with Crippen molar-refractivity contribution < 1.29 is 23.8 Å². The highest BCUT2D eigenvalue weighted by Gasteiger charge is 2.63. The van der Waals surface area contributed by atoms with Crippen molar-refractivity contribution in [1.82, 2.24) is 0 Å². The molecule has 0 N–H and O–H groups in total. The van der Waals surface area contributed by atoms with Gasteiger partial charge in [0.15, 0.2) is 5.79 Å². The van der Waals surface area contributed by atoms with Crippen molar-refractivity contribution in [3.63, 3.8) is 0 Å². The molecule has 9 aliphatic rings. The number of ether oxygens (including phenoxy) is 3. The van der Waals surface area contributed by atoms with E-state index in [0.29, 0.717) is 36.8 Å². The molecule has 5 nitrogen and oxygen atoms in total. The largest absolute Gasteiger partial charge is 0.462 e. The topological polar surface area (TPSA) is 61.8 Å². The molecule has 0 aromatic carbocycles. The molecule has 0 radical (unpaired) electrons. The fraction of sp³-hybridized carbons (Fsp3) is 0.917. The first-order chi connectivity index (χ1) is 14.0. The number of Topliss-reactive ketones (excluding diaryl/α,β-unsaturated/α-hetero) is 1. The lowest BCUT2D eigenvalue weighted by Crippen LogP contribution is -2.58. The van der Waals surface area contributed by atoms with Crippen molar-refractivity contribution in [2.24, 2.45) is 46.8 Å². The molecular formula is C24H32O5. The average Bonchev–Trinajstić information content (AvgIpc) is 3.12. The molecule has 3 atom stereocenters. The van der Waals surface area contributed by atoms with Gasteiger partial charge in [0.2, 0.25) is 0 Å². The first kappa shape index (κ1) is 17.7. The summed E-state index contributed by atoms with van der Waals surface area (Å²) in [5.74, 6) is 3.55. The Kier molecular flexibility index (Phi) is 3.57. The summed E-state index contributed by atoms with van der Waals surface area (Å²) in [4.78, 5) is 25.6. The Labute approximate surface area is 172 Å². The van der Waals surface area contributed by atoms with Crippen LogP contribution in [0.15, 0.2) is 0 Å². The number of ketones is 1. The summed E-state index contributed by atoms with van der Waals surface area (Å²) in [7, 11) is 0. The first-order valence-corrected chi connectivity index (χ1v) is 12.1. The van der Waals surface area contributed by atoms with Gasteiger partial charge in [-0.1, -0.05) is 0 Å². The highest BCUT2D eigenvalue weighted by atomic mass is 16.8. The minimum atomic E-state index is -0.399. The number of carbonyl (C=O) groups excluding carboxylic acids is 2. The summed E-state index contributed by atoms with van der Waals surface area (Å²) < 4.78 is 18.8. The van der Waals surface area contributed by atoms with Gasteiger partial charge in [-0.15, -0.1) is 0 Å². The molecule has 0 aromatic rings. The van der Waals surface area contributed by atoms with Gasteiger partial charge in [0, 0.05) is 23.7 Å². The van der Waals surface area contributed by atoms with Crippen LogP contribution in [-0.2, 0) is 23.8 Å². The zero-order chi connectivity index (χ0) is 19.4. The van der Waals surface area contributed by atoms with Crippen LogP contribution in [-0.4, -0.2) is 36.9 Å². The SMILES string of the molecule is O=C1C2CC3CC1CC(C(=O)OCC1COC4(O1)C1CC5CC(C1)CC4C5)(C3)C2. The van der Waals surface area contributed by atoms with Crippen molar-refractivity contribution in [2.75, 3.05) is 13.2 Å². The third-order valence-electron chi connectivity index (χ3n) is 9.95. The van der Waals surface area contributed by atoms with Crippen LogP contribution in [0.25, 0.3) is 0 Å². The minimum Gasteiger partial charge on any atom is -0.462 e. The van der Waals surface area contributed by atoms with Gasteiger partial charge in [0.05, 0.1) is 12.0 Å². The van der Waals surface area contributed by atoms with E-state index in [1.807, 2.05) is 0 Å². The Balaban J connectivity index is 1.02. The Morgan fingerprint density at radius 2 is 1.55 bits per heavy atom. The lowest BCUT2D eigenvalue weighted by atomic mass is 9.49. The summed E-state index contributed by atoms with van der Waals surface area (Å²) in [5.41, 5.74) is -0.399. The van der Waals surface area contributed by atoms with Crippen molar-refractivity contribution in [1.29, 1.82) is 0 Å². The van der Waals surface area contributed by atoms with Crippen molar-refractivity contribution in [3.8, 4) is 0 Å². The van der Waals surface area contributed by atoms with Gasteiger partial charge in [-0.2, -0.15) is 0 Å². The van der Waals surface area contributed by atoms with Gasteiger partial charge in [-0.05, 0) is 82.0 Å². The average molecular weight is 401 g/mol. The number of hydrogen-bond donors (Lipinski definition) is 0.